The normalized spacial score (nSPS) is 10.3. The molecule has 0 bridgehead atoms. The van der Waals surface area contributed by atoms with Gasteiger partial charge in [0.1, 0.15) is 5.75 Å². The van der Waals surface area contributed by atoms with E-state index in [1.165, 1.54) is 0 Å². The van der Waals surface area contributed by atoms with E-state index < -0.39 is 0 Å². The topological polar surface area (TPSA) is 50.4 Å². The van der Waals surface area contributed by atoms with Crippen LogP contribution in [0.25, 0.3) is 0 Å². The Morgan fingerprint density at radius 2 is 1.95 bits per heavy atom. The molecule has 1 aromatic rings. The minimum Gasteiger partial charge on any atom is -0.494 e. The van der Waals surface area contributed by atoms with Crippen molar-refractivity contribution >= 4 is 11.6 Å². The van der Waals surface area contributed by atoms with Crippen LogP contribution in [-0.4, -0.2) is 25.1 Å². The van der Waals surface area contributed by atoms with Gasteiger partial charge in [-0.25, -0.2) is 0 Å². The van der Waals surface area contributed by atoms with Crippen molar-refractivity contribution in [1.29, 1.82) is 0 Å². The molecule has 0 saturated heterocycles. The largest absolute Gasteiger partial charge is 0.494 e. The van der Waals surface area contributed by atoms with Crippen LogP contribution in [0.1, 0.15) is 33.6 Å². The summed E-state index contributed by atoms with van der Waals surface area (Å²) in [6.07, 6.45) is 1.48. The number of carbonyl (C=O) groups excluding carboxylic acids is 1. The van der Waals surface area contributed by atoms with E-state index in [1.54, 1.807) is 0 Å². The summed E-state index contributed by atoms with van der Waals surface area (Å²) in [5.74, 6) is 0.954. The molecule has 1 aromatic carbocycles. The third kappa shape index (κ3) is 6.70. The predicted molar refractivity (Wildman–Crippen MR) is 78.6 cm³/mol. The minimum atomic E-state index is 0.0744. The number of amides is 1. The van der Waals surface area contributed by atoms with Crippen LogP contribution in [0.2, 0.25) is 0 Å². The van der Waals surface area contributed by atoms with Gasteiger partial charge in [0.2, 0.25) is 5.91 Å². The van der Waals surface area contributed by atoms with Gasteiger partial charge in [-0.05, 0) is 44.5 Å². The summed E-state index contributed by atoms with van der Waals surface area (Å²) in [6.45, 7) is 7.37. The van der Waals surface area contributed by atoms with Crippen molar-refractivity contribution in [2.45, 2.75) is 39.7 Å². The number of benzene rings is 1. The molecule has 1 rings (SSSR count). The summed E-state index contributed by atoms with van der Waals surface area (Å²) < 4.78 is 5.50. The van der Waals surface area contributed by atoms with Gasteiger partial charge in [0, 0.05) is 24.7 Å². The van der Waals surface area contributed by atoms with Crippen molar-refractivity contribution in [3.8, 4) is 5.75 Å². The molecule has 4 heteroatoms. The lowest BCUT2D eigenvalue weighted by Crippen LogP contribution is -2.31. The zero-order valence-electron chi connectivity index (χ0n) is 12.0. The molecule has 2 N–H and O–H groups in total. The molecule has 0 aliphatic carbocycles. The fraction of sp³-hybridized carbons (Fsp3) is 0.533. The van der Waals surface area contributed by atoms with Crippen molar-refractivity contribution < 1.29 is 9.53 Å². The molecule has 0 aliphatic rings. The first-order valence-corrected chi connectivity index (χ1v) is 6.88. The molecule has 0 atom stereocenters. The lowest BCUT2D eigenvalue weighted by molar-refractivity contribution is -0.121. The summed E-state index contributed by atoms with van der Waals surface area (Å²) in [4.78, 5) is 11.4. The summed E-state index contributed by atoms with van der Waals surface area (Å²) in [5.41, 5.74) is 1.00. The molecular formula is C15H24N2O2. The second-order valence-electron chi connectivity index (χ2n) is 4.77. The Bertz CT molecular complexity index is 374. The molecule has 19 heavy (non-hydrogen) atoms. The number of rotatable bonds is 8. The number of nitrogens with one attached hydrogen (secondary N) is 2. The molecular weight excluding hydrogens is 240 g/mol. The minimum absolute atomic E-state index is 0.0744. The first kappa shape index (κ1) is 15.3. The Kier molecular flexibility index (Phi) is 6.79. The first-order valence-electron chi connectivity index (χ1n) is 6.88. The molecule has 0 heterocycles. The standard InChI is InChI=1S/C15H24N2O2/c1-4-11-19-14-7-5-13(6-8-14)16-10-9-15(18)17-12(2)3/h5-8,12,16H,4,9-11H2,1-3H3,(H,17,18). The highest BCUT2D eigenvalue weighted by Gasteiger charge is 2.02. The maximum absolute atomic E-state index is 11.4. The quantitative estimate of drug-likeness (QED) is 0.759. The van der Waals surface area contributed by atoms with Crippen LogP contribution >= 0.6 is 0 Å². The SMILES string of the molecule is CCCOc1ccc(NCCC(=O)NC(C)C)cc1. The lowest BCUT2D eigenvalue weighted by Gasteiger charge is -2.10. The molecule has 0 spiro atoms. The summed E-state index contributed by atoms with van der Waals surface area (Å²) >= 11 is 0. The number of carbonyl (C=O) groups is 1. The van der Waals surface area contributed by atoms with Crippen molar-refractivity contribution in [2.75, 3.05) is 18.5 Å². The van der Waals surface area contributed by atoms with Gasteiger partial charge in [0.15, 0.2) is 0 Å². The van der Waals surface area contributed by atoms with Gasteiger partial charge in [0.25, 0.3) is 0 Å². The molecule has 0 unspecified atom stereocenters. The van der Waals surface area contributed by atoms with Gasteiger partial charge in [-0.2, -0.15) is 0 Å². The van der Waals surface area contributed by atoms with E-state index in [0.29, 0.717) is 13.0 Å². The number of ether oxygens (including phenoxy) is 1. The first-order chi connectivity index (χ1) is 9.11. The van der Waals surface area contributed by atoms with Gasteiger partial charge >= 0.3 is 0 Å². The lowest BCUT2D eigenvalue weighted by atomic mass is 10.3. The van der Waals surface area contributed by atoms with E-state index in [9.17, 15) is 4.79 Å². The Morgan fingerprint density at radius 1 is 1.26 bits per heavy atom. The van der Waals surface area contributed by atoms with Crippen molar-refractivity contribution in [1.82, 2.24) is 5.32 Å². The average Bonchev–Trinajstić information content (AvgIpc) is 2.37. The number of anilines is 1. The van der Waals surface area contributed by atoms with Gasteiger partial charge < -0.3 is 15.4 Å². The van der Waals surface area contributed by atoms with E-state index in [0.717, 1.165) is 24.5 Å². The van der Waals surface area contributed by atoms with Crippen LogP contribution in [0.4, 0.5) is 5.69 Å². The molecule has 0 aromatic heterocycles. The Balaban J connectivity index is 2.28. The molecule has 0 aliphatic heterocycles. The van der Waals surface area contributed by atoms with E-state index >= 15 is 0 Å². The Hall–Kier alpha value is -1.71. The predicted octanol–water partition coefficient (Wildman–Crippen LogP) is 2.80. The molecule has 1 amide bonds. The Labute approximate surface area is 115 Å². The van der Waals surface area contributed by atoms with Crippen LogP contribution < -0.4 is 15.4 Å². The van der Waals surface area contributed by atoms with Gasteiger partial charge in [-0.1, -0.05) is 6.92 Å². The molecule has 0 radical (unpaired) electrons. The monoisotopic (exact) mass is 264 g/mol. The van der Waals surface area contributed by atoms with Crippen molar-refractivity contribution in [2.24, 2.45) is 0 Å². The van der Waals surface area contributed by atoms with Gasteiger partial charge in [-0.3, -0.25) is 4.79 Å². The maximum Gasteiger partial charge on any atom is 0.221 e. The summed E-state index contributed by atoms with van der Waals surface area (Å²) in [6, 6.07) is 8.00. The third-order valence-corrected chi connectivity index (χ3v) is 2.46. The van der Waals surface area contributed by atoms with E-state index in [2.05, 4.69) is 17.6 Å². The molecule has 0 fully saturated rings. The van der Waals surface area contributed by atoms with Crippen molar-refractivity contribution in [3.63, 3.8) is 0 Å². The van der Waals surface area contributed by atoms with E-state index in [-0.39, 0.29) is 11.9 Å². The fourth-order valence-electron chi connectivity index (χ4n) is 1.60. The fourth-order valence-corrected chi connectivity index (χ4v) is 1.60. The summed E-state index contributed by atoms with van der Waals surface area (Å²) in [5, 5.41) is 6.08. The molecule has 4 nitrogen and oxygen atoms in total. The van der Waals surface area contributed by atoms with E-state index in [1.807, 2.05) is 38.1 Å². The zero-order chi connectivity index (χ0) is 14.1. The highest BCUT2D eigenvalue weighted by Crippen LogP contribution is 2.15. The second kappa shape index (κ2) is 8.40. The second-order valence-corrected chi connectivity index (χ2v) is 4.77. The summed E-state index contributed by atoms with van der Waals surface area (Å²) in [7, 11) is 0. The van der Waals surface area contributed by atoms with Gasteiger partial charge in [-0.15, -0.1) is 0 Å². The van der Waals surface area contributed by atoms with Crippen molar-refractivity contribution in [3.05, 3.63) is 24.3 Å². The van der Waals surface area contributed by atoms with E-state index in [4.69, 9.17) is 4.74 Å². The third-order valence-electron chi connectivity index (χ3n) is 2.46. The van der Waals surface area contributed by atoms with Crippen LogP contribution in [0.3, 0.4) is 0 Å². The van der Waals surface area contributed by atoms with Crippen LogP contribution in [-0.2, 0) is 4.79 Å². The highest BCUT2D eigenvalue weighted by molar-refractivity contribution is 5.76. The highest BCUT2D eigenvalue weighted by atomic mass is 16.5. The molecule has 106 valence electrons. The Morgan fingerprint density at radius 3 is 2.53 bits per heavy atom. The van der Waals surface area contributed by atoms with Gasteiger partial charge in [0.05, 0.1) is 6.61 Å². The number of hydrogen-bond donors (Lipinski definition) is 2. The zero-order valence-corrected chi connectivity index (χ0v) is 12.0. The molecule has 0 saturated carbocycles. The average molecular weight is 264 g/mol. The van der Waals surface area contributed by atoms with Crippen LogP contribution in [0, 0.1) is 0 Å². The van der Waals surface area contributed by atoms with Crippen LogP contribution in [0.5, 0.6) is 5.75 Å². The number of hydrogen-bond acceptors (Lipinski definition) is 3. The van der Waals surface area contributed by atoms with Crippen LogP contribution in [0.15, 0.2) is 24.3 Å². The smallest absolute Gasteiger partial charge is 0.221 e. The maximum atomic E-state index is 11.4.